The number of rotatable bonds is 16. The zero-order valence-electron chi connectivity index (χ0n) is 47.7. The first-order chi connectivity index (χ1) is 34.7. The molecule has 4 aromatic carbocycles. The Morgan fingerprint density at radius 1 is 0.370 bits per heavy atom. The molecule has 4 aromatic rings. The summed E-state index contributed by atoms with van der Waals surface area (Å²) in [6.45, 7) is 35.9. The third kappa shape index (κ3) is 10.6. The van der Waals surface area contributed by atoms with Gasteiger partial charge in [-0.2, -0.15) is 0 Å². The number of benzene rings is 4. The minimum atomic E-state index is 0.0620. The Kier molecular flexibility index (Phi) is 16.5. The lowest BCUT2D eigenvalue weighted by Gasteiger charge is -2.50. The molecule has 2 saturated carbocycles. The van der Waals surface area contributed by atoms with Crippen LogP contribution in [0.3, 0.4) is 0 Å². The smallest absolute Gasteiger partial charge is 0.259 e. The number of hydrogen-bond donors (Lipinski definition) is 0. The van der Waals surface area contributed by atoms with E-state index in [1.54, 1.807) is 0 Å². The van der Waals surface area contributed by atoms with Gasteiger partial charge in [0.25, 0.3) is 0 Å². The fraction of sp³-hybridized carbons (Fsp3) is 0.569. The van der Waals surface area contributed by atoms with E-state index in [0.29, 0.717) is 35.5 Å². The fourth-order valence-electron chi connectivity index (χ4n) is 12.7. The van der Waals surface area contributed by atoms with Crippen LogP contribution in [0.2, 0.25) is 0 Å². The van der Waals surface area contributed by atoms with E-state index in [1.807, 2.05) is 9.80 Å². The third-order valence-electron chi connectivity index (χ3n) is 16.9. The standard InChI is InChI=1S/C65H90N6O2/c1-38(2)50-21-17-22-51(39(3)4)58(50)66-62-68(64(72)70(62)60-54(42(9)10)25-19-26-55(60)43(11)12)48-33-29-46(30-34-48)37-47-31-35-49(36-32-47)69-63(67-59-52(40(5)6)23-18-24-53(59)41(7)8)71(65(69)73)61-56(44(13)14)27-20-28-57(61)45(15)16/h17-28,38-49H,29-37H2,1-16H3. The second-order valence-electron chi connectivity index (χ2n) is 24.8. The van der Waals surface area contributed by atoms with Gasteiger partial charge < -0.3 is 0 Å². The molecule has 8 nitrogen and oxygen atoms in total. The first-order valence-corrected chi connectivity index (χ1v) is 28.7. The van der Waals surface area contributed by atoms with E-state index in [4.69, 9.17) is 9.98 Å². The largest absolute Gasteiger partial charge is 0.338 e. The number of aliphatic imine (C=N–C) groups is 2. The Morgan fingerprint density at radius 3 is 0.836 bits per heavy atom. The molecule has 0 N–H and O–H groups in total. The van der Waals surface area contributed by atoms with Gasteiger partial charge >= 0.3 is 12.1 Å². The SMILES string of the molecule is CC(C)c1cccc(C(C)C)c1N=C1N(c2c(C(C)C)cccc2C(C)C)C(=O)N1C1CCC(CC2CCC(N3C(=O)N(c4c(C(C)C)cccc4C(C)C)C3=Nc3c(C(C)C)cccc3C(C)C)CC2)CC1. The Bertz CT molecular complexity index is 2400. The molecule has 2 aliphatic carbocycles. The van der Waals surface area contributed by atoms with E-state index in [9.17, 15) is 9.59 Å². The van der Waals surface area contributed by atoms with Crippen LogP contribution in [-0.4, -0.2) is 45.9 Å². The van der Waals surface area contributed by atoms with E-state index >= 15 is 0 Å². The molecule has 0 unspecified atom stereocenters. The Balaban J connectivity index is 1.02. The highest BCUT2D eigenvalue weighted by atomic mass is 16.2. The van der Waals surface area contributed by atoms with E-state index in [0.717, 1.165) is 86.0 Å². The number of carbonyl (C=O) groups is 2. The number of carbonyl (C=O) groups excluding carboxylic acids is 2. The van der Waals surface area contributed by atoms with Gasteiger partial charge in [-0.1, -0.05) is 184 Å². The van der Waals surface area contributed by atoms with Crippen molar-refractivity contribution in [3.63, 3.8) is 0 Å². The number of urea groups is 2. The van der Waals surface area contributed by atoms with Crippen LogP contribution in [0, 0.1) is 11.8 Å². The minimum Gasteiger partial charge on any atom is -0.259 e. The van der Waals surface area contributed by atoms with Crippen LogP contribution in [0.15, 0.2) is 82.8 Å². The predicted molar refractivity (Wildman–Crippen MR) is 308 cm³/mol. The lowest BCUT2D eigenvalue weighted by molar-refractivity contribution is 0.148. The minimum absolute atomic E-state index is 0.0620. The molecule has 4 fully saturated rings. The van der Waals surface area contributed by atoms with Crippen molar-refractivity contribution in [2.75, 3.05) is 9.80 Å². The van der Waals surface area contributed by atoms with Crippen molar-refractivity contribution in [3.05, 3.63) is 117 Å². The summed E-state index contributed by atoms with van der Waals surface area (Å²) in [4.78, 5) is 49.3. The topological polar surface area (TPSA) is 71.8 Å². The van der Waals surface area contributed by atoms with E-state index < -0.39 is 0 Å². The number of para-hydroxylation sites is 4. The van der Waals surface area contributed by atoms with Crippen LogP contribution >= 0.6 is 0 Å². The predicted octanol–water partition coefficient (Wildman–Crippen LogP) is 18.7. The summed E-state index contributed by atoms with van der Waals surface area (Å²) in [5.41, 5.74) is 13.8. The van der Waals surface area contributed by atoms with Gasteiger partial charge in [0, 0.05) is 12.1 Å². The summed E-state index contributed by atoms with van der Waals surface area (Å²) in [5, 5.41) is 0. The maximum absolute atomic E-state index is 14.9. The van der Waals surface area contributed by atoms with Crippen LogP contribution < -0.4 is 9.80 Å². The molecule has 392 valence electrons. The summed E-state index contributed by atoms with van der Waals surface area (Å²) in [6, 6.07) is 26.7. The second kappa shape index (κ2) is 22.3. The molecule has 2 saturated heterocycles. The van der Waals surface area contributed by atoms with Gasteiger partial charge in [-0.15, -0.1) is 0 Å². The van der Waals surface area contributed by atoms with Gasteiger partial charge in [0.05, 0.1) is 22.7 Å². The average molecular weight is 987 g/mol. The molecule has 73 heavy (non-hydrogen) atoms. The van der Waals surface area contributed by atoms with Gasteiger partial charge in [-0.25, -0.2) is 29.4 Å². The molecule has 8 rings (SSSR count). The van der Waals surface area contributed by atoms with Crippen molar-refractivity contribution in [3.8, 4) is 0 Å². The fourth-order valence-corrected chi connectivity index (χ4v) is 12.7. The second-order valence-corrected chi connectivity index (χ2v) is 24.8. The molecule has 4 aliphatic rings. The molecular weight excluding hydrogens is 897 g/mol. The molecule has 0 atom stereocenters. The average Bonchev–Trinajstić information content (AvgIpc) is 3.34. The molecule has 0 spiro atoms. The van der Waals surface area contributed by atoms with Crippen molar-refractivity contribution in [2.24, 2.45) is 21.8 Å². The maximum atomic E-state index is 14.9. The maximum Gasteiger partial charge on any atom is 0.338 e. The Labute approximate surface area is 441 Å². The van der Waals surface area contributed by atoms with Crippen LogP contribution in [0.25, 0.3) is 0 Å². The van der Waals surface area contributed by atoms with Crippen LogP contribution in [0.4, 0.5) is 32.3 Å². The molecule has 0 radical (unpaired) electrons. The van der Waals surface area contributed by atoms with Crippen LogP contribution in [-0.2, 0) is 0 Å². The monoisotopic (exact) mass is 987 g/mol. The van der Waals surface area contributed by atoms with Crippen molar-refractivity contribution in [1.82, 2.24) is 9.80 Å². The normalized spacial score (nSPS) is 22.0. The van der Waals surface area contributed by atoms with E-state index in [-0.39, 0.29) is 47.8 Å². The number of guanidine groups is 2. The molecule has 8 heteroatoms. The summed E-state index contributed by atoms with van der Waals surface area (Å²) in [7, 11) is 0. The van der Waals surface area contributed by atoms with E-state index in [1.165, 1.54) is 50.9 Å². The summed E-state index contributed by atoms with van der Waals surface area (Å²) in [5.74, 6) is 5.01. The van der Waals surface area contributed by atoms with Crippen molar-refractivity contribution in [1.29, 1.82) is 0 Å². The zero-order chi connectivity index (χ0) is 52.7. The number of nitrogens with zero attached hydrogens (tertiary/aromatic N) is 6. The summed E-state index contributed by atoms with van der Waals surface area (Å²) in [6.07, 6.45) is 9.57. The first-order valence-electron chi connectivity index (χ1n) is 28.7. The molecular formula is C65H90N6O2. The number of anilines is 2. The molecule has 4 amide bonds. The zero-order valence-corrected chi connectivity index (χ0v) is 47.7. The Morgan fingerprint density at radius 2 is 0.603 bits per heavy atom. The first kappa shape index (κ1) is 54.0. The number of amides is 4. The van der Waals surface area contributed by atoms with Gasteiger partial charge in [0.15, 0.2) is 0 Å². The van der Waals surface area contributed by atoms with Crippen molar-refractivity contribution < 1.29 is 9.59 Å². The van der Waals surface area contributed by atoms with Gasteiger partial charge in [-0.05, 0) is 161 Å². The van der Waals surface area contributed by atoms with Gasteiger partial charge in [0.2, 0.25) is 11.9 Å². The highest BCUT2D eigenvalue weighted by Crippen LogP contribution is 2.48. The van der Waals surface area contributed by atoms with Gasteiger partial charge in [-0.3, -0.25) is 9.80 Å². The molecule has 0 aromatic heterocycles. The highest BCUT2D eigenvalue weighted by molar-refractivity contribution is 6.32. The highest BCUT2D eigenvalue weighted by Gasteiger charge is 2.51. The lowest BCUT2D eigenvalue weighted by atomic mass is 9.75. The van der Waals surface area contributed by atoms with Gasteiger partial charge in [0.1, 0.15) is 0 Å². The van der Waals surface area contributed by atoms with E-state index in [2.05, 4.69) is 193 Å². The summed E-state index contributed by atoms with van der Waals surface area (Å²) >= 11 is 0. The quantitative estimate of drug-likeness (QED) is 0.112. The van der Waals surface area contributed by atoms with Crippen molar-refractivity contribution in [2.45, 2.75) is 228 Å². The molecule has 2 aliphatic heterocycles. The van der Waals surface area contributed by atoms with Crippen LogP contribution in [0.1, 0.15) is 260 Å². The Hall–Kier alpha value is -5.24. The number of hydrogen-bond acceptors (Lipinski definition) is 4. The summed E-state index contributed by atoms with van der Waals surface area (Å²) < 4.78 is 0. The lowest BCUT2D eigenvalue weighted by Crippen LogP contribution is -2.69. The molecule has 2 heterocycles. The third-order valence-corrected chi connectivity index (χ3v) is 16.9. The molecule has 0 bridgehead atoms. The van der Waals surface area contributed by atoms with Crippen LogP contribution in [0.5, 0.6) is 0 Å². The van der Waals surface area contributed by atoms with Crippen molar-refractivity contribution >= 4 is 46.7 Å².